The van der Waals surface area contributed by atoms with Crippen LogP contribution in [-0.4, -0.2) is 48.9 Å². The quantitative estimate of drug-likeness (QED) is 0.607. The van der Waals surface area contributed by atoms with E-state index >= 15 is 0 Å². The molecule has 2 heterocycles. The van der Waals surface area contributed by atoms with E-state index in [1.54, 1.807) is 18.0 Å². The van der Waals surface area contributed by atoms with Gasteiger partial charge in [0.15, 0.2) is 0 Å². The minimum atomic E-state index is -0.709. The van der Waals surface area contributed by atoms with Gasteiger partial charge in [-0.25, -0.2) is 13.6 Å². The first-order valence-corrected chi connectivity index (χ1v) is 11.3. The summed E-state index contributed by atoms with van der Waals surface area (Å²) in [6, 6.07) is 2.43. The molecule has 1 fully saturated rings. The molecule has 1 unspecified atom stereocenters. The van der Waals surface area contributed by atoms with Gasteiger partial charge in [0.1, 0.15) is 17.7 Å². The summed E-state index contributed by atoms with van der Waals surface area (Å²) in [6.45, 7) is 6.83. The number of rotatable bonds is 6. The van der Waals surface area contributed by atoms with Crippen LogP contribution in [-0.2, 0) is 9.59 Å². The molecule has 0 aromatic heterocycles. The summed E-state index contributed by atoms with van der Waals surface area (Å²) < 4.78 is 28.6. The smallest absolute Gasteiger partial charge is 0.322 e. The number of carbonyl (C=O) groups is 3. The van der Waals surface area contributed by atoms with Gasteiger partial charge in [-0.15, -0.1) is 0 Å². The third-order valence-corrected chi connectivity index (χ3v) is 7.08. The molecule has 10 heteroatoms. The number of allylic oxidation sites excluding steroid dienone is 1. The standard InChI is InChI=1S/C24H31F2N5O3/c1-23(2)12-6-9-17(20-15(25)7-5-8-16(20)26)30-27-13-24(23,3)14-31(4)19(32)11-10-18-21(33)29-22(34)28-18/h5,7-9,18H,6,10-14H2,1-4H3,(H2,28,29,33,34)/b17-9-,30-27-/t18?,24-/m1/s1. The van der Waals surface area contributed by atoms with Crippen molar-refractivity contribution in [1.82, 2.24) is 15.5 Å². The molecule has 4 amide bonds. The number of nitrogens with zero attached hydrogens (tertiary/aromatic N) is 3. The fourth-order valence-electron chi connectivity index (χ4n) is 4.29. The highest BCUT2D eigenvalue weighted by atomic mass is 19.1. The highest BCUT2D eigenvalue weighted by molar-refractivity contribution is 6.04. The molecule has 2 aliphatic heterocycles. The van der Waals surface area contributed by atoms with Crippen molar-refractivity contribution in [3.8, 4) is 0 Å². The van der Waals surface area contributed by atoms with Gasteiger partial charge in [0, 0.05) is 25.4 Å². The number of urea groups is 1. The summed E-state index contributed by atoms with van der Waals surface area (Å²) in [7, 11) is 1.69. The molecule has 0 radical (unpaired) electrons. The SMILES string of the molecule is CN(C[C@@]1(C)C/N=N\C(c2c(F)cccc2F)=C/CCC1(C)C)C(=O)CCC1NC(=O)NC1=O. The van der Waals surface area contributed by atoms with Gasteiger partial charge in [0.05, 0.1) is 17.8 Å². The van der Waals surface area contributed by atoms with Gasteiger partial charge in [-0.3, -0.25) is 14.9 Å². The largest absolute Gasteiger partial charge is 0.345 e. The molecule has 34 heavy (non-hydrogen) atoms. The van der Waals surface area contributed by atoms with Crippen LogP contribution in [0.5, 0.6) is 0 Å². The number of nitrogens with one attached hydrogen (secondary N) is 2. The van der Waals surface area contributed by atoms with Crippen LogP contribution < -0.4 is 10.6 Å². The lowest BCUT2D eigenvalue weighted by Gasteiger charge is -2.45. The molecular weight excluding hydrogens is 444 g/mol. The molecule has 2 atom stereocenters. The summed E-state index contributed by atoms with van der Waals surface area (Å²) in [5, 5.41) is 13.1. The lowest BCUT2D eigenvalue weighted by atomic mass is 9.64. The number of halogens is 2. The minimum Gasteiger partial charge on any atom is -0.345 e. The Morgan fingerprint density at radius 3 is 2.50 bits per heavy atom. The molecule has 3 rings (SSSR count). The van der Waals surface area contributed by atoms with Gasteiger partial charge in [0.2, 0.25) is 5.91 Å². The van der Waals surface area contributed by atoms with Crippen LogP contribution in [0.3, 0.4) is 0 Å². The van der Waals surface area contributed by atoms with Gasteiger partial charge >= 0.3 is 6.03 Å². The zero-order chi connectivity index (χ0) is 25.1. The van der Waals surface area contributed by atoms with Crippen molar-refractivity contribution < 1.29 is 23.2 Å². The number of hydrogen-bond acceptors (Lipinski definition) is 5. The topological polar surface area (TPSA) is 103 Å². The van der Waals surface area contributed by atoms with Crippen molar-refractivity contribution in [3.05, 3.63) is 41.5 Å². The van der Waals surface area contributed by atoms with Gasteiger partial charge in [0.25, 0.3) is 5.91 Å². The van der Waals surface area contributed by atoms with E-state index in [-0.39, 0.29) is 42.0 Å². The summed E-state index contributed by atoms with van der Waals surface area (Å²) in [4.78, 5) is 37.3. The predicted octanol–water partition coefficient (Wildman–Crippen LogP) is 4.03. The highest BCUT2D eigenvalue weighted by Crippen LogP contribution is 2.45. The molecular formula is C24H31F2N5O3. The molecule has 0 bridgehead atoms. The molecule has 0 aliphatic carbocycles. The lowest BCUT2D eigenvalue weighted by Crippen LogP contribution is -2.48. The van der Waals surface area contributed by atoms with E-state index in [4.69, 9.17) is 0 Å². The first-order chi connectivity index (χ1) is 15.9. The number of amides is 4. The number of azo groups is 1. The molecule has 184 valence electrons. The Hall–Kier alpha value is -3.17. The maximum atomic E-state index is 14.3. The average molecular weight is 476 g/mol. The van der Waals surface area contributed by atoms with Crippen molar-refractivity contribution in [3.63, 3.8) is 0 Å². The Morgan fingerprint density at radius 1 is 1.21 bits per heavy atom. The Kier molecular flexibility index (Phi) is 7.48. The van der Waals surface area contributed by atoms with Crippen LogP contribution in [0, 0.1) is 22.5 Å². The Balaban J connectivity index is 1.71. The van der Waals surface area contributed by atoms with Crippen LogP contribution in [0.15, 0.2) is 34.5 Å². The van der Waals surface area contributed by atoms with Crippen molar-refractivity contribution in [2.45, 2.75) is 52.5 Å². The van der Waals surface area contributed by atoms with Gasteiger partial charge in [-0.2, -0.15) is 10.2 Å². The van der Waals surface area contributed by atoms with E-state index in [1.165, 1.54) is 18.2 Å². The molecule has 0 spiro atoms. The molecule has 2 aliphatic rings. The second kappa shape index (κ2) is 9.99. The van der Waals surface area contributed by atoms with Crippen LogP contribution >= 0.6 is 0 Å². The van der Waals surface area contributed by atoms with Crippen LogP contribution in [0.1, 0.15) is 52.0 Å². The Morgan fingerprint density at radius 2 is 1.88 bits per heavy atom. The van der Waals surface area contributed by atoms with Crippen LogP contribution in [0.25, 0.3) is 5.70 Å². The normalized spacial score (nSPS) is 26.9. The third-order valence-electron chi connectivity index (χ3n) is 7.08. The molecule has 8 nitrogen and oxygen atoms in total. The number of carbonyl (C=O) groups excluding carboxylic acids is 3. The van der Waals surface area contributed by atoms with Crippen LogP contribution in [0.4, 0.5) is 13.6 Å². The van der Waals surface area contributed by atoms with Crippen molar-refractivity contribution in [2.75, 3.05) is 20.1 Å². The Labute approximate surface area is 197 Å². The first kappa shape index (κ1) is 25.5. The number of hydrogen-bond donors (Lipinski definition) is 2. The van der Waals surface area contributed by atoms with Gasteiger partial charge in [-0.05, 0) is 36.8 Å². The summed E-state index contributed by atoms with van der Waals surface area (Å²) in [5.41, 5.74) is -0.781. The summed E-state index contributed by atoms with van der Waals surface area (Å²) >= 11 is 0. The number of imide groups is 1. The van der Waals surface area contributed by atoms with Crippen LogP contribution in [0.2, 0.25) is 0 Å². The van der Waals surface area contributed by atoms with E-state index in [0.29, 0.717) is 19.4 Å². The highest BCUT2D eigenvalue weighted by Gasteiger charge is 2.42. The fourth-order valence-corrected chi connectivity index (χ4v) is 4.29. The van der Waals surface area contributed by atoms with Crippen molar-refractivity contribution in [1.29, 1.82) is 0 Å². The third kappa shape index (κ3) is 5.48. The van der Waals surface area contributed by atoms with E-state index in [2.05, 4.69) is 34.7 Å². The predicted molar refractivity (Wildman–Crippen MR) is 123 cm³/mol. The van der Waals surface area contributed by atoms with E-state index in [9.17, 15) is 23.2 Å². The zero-order valence-electron chi connectivity index (χ0n) is 20.0. The second-order valence-electron chi connectivity index (χ2n) is 9.87. The summed E-state index contributed by atoms with van der Waals surface area (Å²) in [6.07, 6.45) is 3.25. The maximum Gasteiger partial charge on any atom is 0.322 e. The van der Waals surface area contributed by atoms with Crippen molar-refractivity contribution in [2.24, 2.45) is 21.1 Å². The minimum absolute atomic E-state index is 0.102. The molecule has 1 aromatic rings. The molecule has 2 N–H and O–H groups in total. The molecule has 1 aromatic carbocycles. The van der Waals surface area contributed by atoms with Gasteiger partial charge < -0.3 is 10.2 Å². The number of benzene rings is 1. The van der Waals surface area contributed by atoms with Gasteiger partial charge in [-0.1, -0.05) is 32.9 Å². The van der Waals surface area contributed by atoms with Crippen molar-refractivity contribution >= 4 is 23.5 Å². The Bertz CT molecular complexity index is 1020. The second-order valence-corrected chi connectivity index (χ2v) is 9.87. The lowest BCUT2D eigenvalue weighted by molar-refractivity contribution is -0.132. The molecule has 0 saturated carbocycles. The zero-order valence-corrected chi connectivity index (χ0v) is 20.0. The van der Waals surface area contributed by atoms with E-state index < -0.39 is 35.0 Å². The maximum absolute atomic E-state index is 14.3. The summed E-state index contributed by atoms with van der Waals surface area (Å²) in [5.74, 6) is -1.97. The monoisotopic (exact) mass is 475 g/mol. The first-order valence-electron chi connectivity index (χ1n) is 11.3. The molecule has 1 saturated heterocycles. The van der Waals surface area contributed by atoms with E-state index in [1.807, 2.05) is 6.92 Å². The average Bonchev–Trinajstić information content (AvgIpc) is 3.09. The van der Waals surface area contributed by atoms with E-state index in [0.717, 1.165) is 0 Å². The fraction of sp³-hybridized carbons (Fsp3) is 0.542.